The summed E-state index contributed by atoms with van der Waals surface area (Å²) in [6, 6.07) is 9.04. The van der Waals surface area contributed by atoms with Crippen molar-refractivity contribution in [3.05, 3.63) is 77.1 Å². The van der Waals surface area contributed by atoms with E-state index in [9.17, 15) is 48.3 Å². The third kappa shape index (κ3) is 27.2. The lowest BCUT2D eigenvalue weighted by Gasteiger charge is -2.41. The first-order valence-electron chi connectivity index (χ1n) is 39.1. The van der Waals surface area contributed by atoms with Crippen LogP contribution in [0.15, 0.2) is 54.6 Å². The average Bonchev–Trinajstić information content (AvgIpc) is 1.68. The number of aliphatic hydroxyl groups is 1. The Morgan fingerprint density at radius 2 is 1.33 bits per heavy atom. The number of urea groups is 1. The van der Waals surface area contributed by atoms with Gasteiger partial charge in [0.05, 0.1) is 60.2 Å². The van der Waals surface area contributed by atoms with Crippen LogP contribution in [0.5, 0.6) is 0 Å². The van der Waals surface area contributed by atoms with Gasteiger partial charge < -0.3 is 66.8 Å². The maximum atomic E-state index is 14.9. The first-order valence-corrected chi connectivity index (χ1v) is 41.2. The number of anilines is 1. The van der Waals surface area contributed by atoms with E-state index in [4.69, 9.17) is 19.9 Å². The summed E-state index contributed by atoms with van der Waals surface area (Å²) in [7, 11) is 6.13. The molecule has 2 aliphatic heterocycles. The van der Waals surface area contributed by atoms with E-state index in [1.807, 2.05) is 87.9 Å². The molecule has 3 aliphatic rings. The molecule has 1 saturated heterocycles. The summed E-state index contributed by atoms with van der Waals surface area (Å²) < 4.78 is 19.8. The van der Waals surface area contributed by atoms with Gasteiger partial charge in [-0.2, -0.15) is 23.5 Å². The van der Waals surface area contributed by atoms with E-state index in [2.05, 4.69) is 42.2 Å². The molecule has 26 nitrogen and oxygen atoms in total. The number of methoxy groups -OCH3 is 2. The minimum atomic E-state index is -1.09. The number of likely N-dealkylation sites (N-methyl/N-ethyl adjacent to an activating group) is 2. The van der Waals surface area contributed by atoms with Crippen LogP contribution in [0.25, 0.3) is 0 Å². The summed E-state index contributed by atoms with van der Waals surface area (Å²) in [4.78, 5) is 129. The number of amides is 10. The molecular weight excluding hydrogens is 1400 g/mol. The molecule has 0 spiro atoms. The highest BCUT2D eigenvalue weighted by Gasteiger charge is 2.44. The summed E-state index contributed by atoms with van der Waals surface area (Å²) in [6.45, 7) is 19.2. The highest BCUT2D eigenvalue weighted by atomic mass is 32.2. The van der Waals surface area contributed by atoms with E-state index in [0.717, 1.165) is 22.9 Å². The number of nitrogens with one attached hydrogen (secondary N) is 6. The van der Waals surface area contributed by atoms with Crippen LogP contribution < -0.4 is 37.6 Å². The second-order valence-corrected chi connectivity index (χ2v) is 33.2. The largest absolute Gasteiger partial charge is 0.445 e. The lowest BCUT2D eigenvalue weighted by molar-refractivity contribution is -0.148. The molecule has 10 amide bonds. The number of rotatable bonds is 36. The molecule has 2 unspecified atom stereocenters. The summed E-state index contributed by atoms with van der Waals surface area (Å²) in [5, 5.41) is 38.5. The molecule has 1 saturated carbocycles. The summed E-state index contributed by atoms with van der Waals surface area (Å²) in [6.07, 6.45) is 13.8. The number of carbonyl (C=O) groups excluding carboxylic acids is 9. The number of hydrogen-bond acceptors (Lipinski definition) is 17. The topological polar surface area (TPSA) is 340 Å². The predicted octanol–water partition coefficient (Wildman–Crippen LogP) is 10.2. The molecule has 14 atom stereocenters. The van der Waals surface area contributed by atoms with Crippen molar-refractivity contribution in [2.45, 2.75) is 287 Å². The second kappa shape index (κ2) is 45.2. The molecule has 2 bridgehead atoms. The molecule has 0 radical (unpaired) electrons. The third-order valence-electron chi connectivity index (χ3n) is 21.5. The Morgan fingerprint density at radius 3 is 1.93 bits per heavy atom. The molecule has 1 aliphatic carbocycles. The van der Waals surface area contributed by atoms with Gasteiger partial charge in [-0.15, -0.1) is 5.10 Å². The van der Waals surface area contributed by atoms with Gasteiger partial charge in [-0.3, -0.25) is 38.5 Å². The third-order valence-corrected chi connectivity index (χ3v) is 24.1. The second-order valence-electron chi connectivity index (χ2n) is 30.6. The van der Waals surface area contributed by atoms with Crippen molar-refractivity contribution in [2.75, 3.05) is 46.7 Å². The molecule has 1 aromatic heterocycles. The normalized spacial score (nSPS) is 19.8. The van der Waals surface area contributed by atoms with Gasteiger partial charge in [0.1, 0.15) is 30.8 Å². The minimum Gasteiger partial charge on any atom is -0.445 e. The first-order chi connectivity index (χ1) is 51.1. The van der Waals surface area contributed by atoms with Crippen LogP contribution in [0.4, 0.5) is 15.3 Å². The number of likely N-dealkylation sites (tertiary alicyclic amines) is 1. The summed E-state index contributed by atoms with van der Waals surface area (Å²) >= 11 is 4.05. The van der Waals surface area contributed by atoms with Crippen molar-refractivity contribution < 1.29 is 62.5 Å². The van der Waals surface area contributed by atoms with Gasteiger partial charge in [0.15, 0.2) is 0 Å². The number of nitrogens with zero attached hydrogens (tertiary/aromatic N) is 6. The van der Waals surface area contributed by atoms with E-state index in [1.54, 1.807) is 80.9 Å². The number of hydrogen-bond donors (Lipinski definition) is 8. The van der Waals surface area contributed by atoms with Crippen LogP contribution in [0.3, 0.4) is 0 Å². The quantitative estimate of drug-likeness (QED) is 0.0251. The Bertz CT molecular complexity index is 3290. The minimum absolute atomic E-state index is 0.0851. The van der Waals surface area contributed by atoms with Crippen LogP contribution >= 0.6 is 23.5 Å². The fraction of sp³-hybridized carbons (Fsp3) is 0.709. The van der Waals surface area contributed by atoms with Crippen LogP contribution in [-0.2, 0) is 72.4 Å². The van der Waals surface area contributed by atoms with E-state index < -0.39 is 114 Å². The van der Waals surface area contributed by atoms with E-state index in [0.29, 0.717) is 66.1 Å². The average molecular weight is 1530 g/mol. The van der Waals surface area contributed by atoms with Crippen LogP contribution in [0.1, 0.15) is 220 Å². The van der Waals surface area contributed by atoms with Crippen LogP contribution in [0.2, 0.25) is 0 Å². The Morgan fingerprint density at radius 1 is 0.692 bits per heavy atom. The van der Waals surface area contributed by atoms with Gasteiger partial charge in [-0.1, -0.05) is 168 Å². The van der Waals surface area contributed by atoms with E-state index in [-0.39, 0.29) is 68.4 Å². The number of primary amides is 1. The molecule has 2 aromatic carbocycles. The summed E-state index contributed by atoms with van der Waals surface area (Å²) in [5.41, 5.74) is 9.07. The Hall–Kier alpha value is -7.01. The van der Waals surface area contributed by atoms with Gasteiger partial charge in [-0.05, 0) is 105 Å². The number of carbonyl (C=O) groups is 9. The first kappa shape index (κ1) is 88.9. The zero-order valence-corrected chi connectivity index (χ0v) is 67.7. The number of aliphatic hydroxyl groups excluding tert-OH is 1. The van der Waals surface area contributed by atoms with Crippen molar-refractivity contribution in [3.8, 4) is 0 Å². The van der Waals surface area contributed by atoms with Crippen molar-refractivity contribution in [2.24, 2.45) is 35.3 Å². The van der Waals surface area contributed by atoms with Crippen molar-refractivity contribution in [1.82, 2.24) is 56.3 Å². The Kier molecular flexibility index (Phi) is 37.6. The molecule has 107 heavy (non-hydrogen) atoms. The van der Waals surface area contributed by atoms with Crippen molar-refractivity contribution in [1.29, 1.82) is 0 Å². The fourth-order valence-electron chi connectivity index (χ4n) is 14.9. The SMILES string of the molecule is CC[C@H](C)[C@@H]([C@@H](CC(=O)N1CCC[C@H]1[C@H](OC)[C@@H](C)C(=O)N[C@H](C)[C@@H](O)c1ccccc1)OC)N(C)C(=O)[C@@H](NC(=O)[C@H](C(C)C)N(C)C(=O)OCc1ccc(NC(=O)[C@H](CCCNC(N)=O)NC(=O)[C@@H](NC(=O)CCCn2nnc3c2CSC2CCCCCCCCCCC(C2)SC3)C(C)C)cc1)C(C)C. The van der Waals surface area contributed by atoms with Crippen molar-refractivity contribution in [3.63, 3.8) is 0 Å². The maximum absolute atomic E-state index is 14.9. The highest BCUT2D eigenvalue weighted by Crippen LogP contribution is 2.38. The van der Waals surface area contributed by atoms with Gasteiger partial charge in [-0.25, -0.2) is 14.3 Å². The zero-order chi connectivity index (χ0) is 78.4. The lowest BCUT2D eigenvalue weighted by Crippen LogP contribution is -2.60. The number of fused-ring (bicyclic) bond motifs is 3. The van der Waals surface area contributed by atoms with Crippen molar-refractivity contribution >= 4 is 82.7 Å². The molecule has 6 rings (SSSR count). The molecule has 9 N–H and O–H groups in total. The lowest BCUT2D eigenvalue weighted by atomic mass is 9.89. The highest BCUT2D eigenvalue weighted by molar-refractivity contribution is 8.00. The molecule has 28 heteroatoms. The molecule has 2 fully saturated rings. The smallest absolute Gasteiger partial charge is 0.410 e. The van der Waals surface area contributed by atoms with Crippen LogP contribution in [-0.4, -0.2) is 195 Å². The molecule has 598 valence electrons. The maximum Gasteiger partial charge on any atom is 0.410 e. The zero-order valence-electron chi connectivity index (χ0n) is 66.1. The number of benzene rings is 2. The molecule has 3 aromatic rings. The molecular formula is C79H127N13O13S2. The van der Waals surface area contributed by atoms with Gasteiger partial charge in [0.25, 0.3) is 0 Å². The predicted molar refractivity (Wildman–Crippen MR) is 419 cm³/mol. The standard InChI is InChI=1S/C79H127N13O13S2/c1-15-52(8)70(64(103-13)45-66(94)91-42-28-35-62(91)72(104-14)53(9)73(96)82-54(10)71(95)56-30-23-22-24-31-56)89(11)77(100)68(50(4)5)86-76(99)69(51(6)7)90(12)79(102)105-46-55-37-39-57(40-38-55)83-74(97)60(34-27-41-81-78(80)101)84-75(98)67(49(2)3)85-65(93)36-29-43-92-63-48-107-59-33-26-21-19-17-16-18-20-25-32-58(44-59)106-47-61(63)87-88-92/h22-24,30-31,37-40,49-54,58-60,62,64,67-72,95H,15-21,25-29,32-36,41-48H2,1-14H3,(H,82,96)(H,83,97)(H,84,98)(H,85,93)(H,86,99)(H3,80,81,101)/t52-,53+,54+,58?,59?,60-,62-,64+,67-,68-,69-,70-,71+,72+/m0/s1. The monoisotopic (exact) mass is 1530 g/mol. The fourth-order valence-corrected chi connectivity index (χ4v) is 17.8. The van der Waals surface area contributed by atoms with Gasteiger partial charge in [0.2, 0.25) is 41.4 Å². The van der Waals surface area contributed by atoms with Gasteiger partial charge in [0, 0.05) is 82.1 Å². The number of nitrogens with two attached hydrogens (primary N) is 1. The van der Waals surface area contributed by atoms with Gasteiger partial charge >= 0.3 is 12.1 Å². The number of ether oxygens (including phenoxy) is 3. The number of aromatic nitrogens is 3. The Balaban J connectivity index is 1.02. The van der Waals surface area contributed by atoms with E-state index >= 15 is 0 Å². The Labute approximate surface area is 644 Å². The van der Waals surface area contributed by atoms with E-state index in [1.165, 1.54) is 96.8 Å². The number of aryl methyl sites for hydroxylation is 1. The van der Waals surface area contributed by atoms with Crippen LogP contribution in [0, 0.1) is 29.6 Å². The summed E-state index contributed by atoms with van der Waals surface area (Å²) in [5.74, 6) is -3.34. The number of thioether (sulfide) groups is 2. The molecule has 3 heterocycles.